The summed E-state index contributed by atoms with van der Waals surface area (Å²) in [5.41, 5.74) is -0.308. The van der Waals surface area contributed by atoms with Crippen LogP contribution in [0.2, 0.25) is 0 Å². The van der Waals surface area contributed by atoms with Crippen LogP contribution in [0.4, 0.5) is 0 Å². The molecule has 0 rings (SSSR count). The molecule has 0 saturated heterocycles. The van der Waals surface area contributed by atoms with Crippen LogP contribution in [0.1, 0.15) is 41.5 Å². The molecule has 100 valence electrons. The van der Waals surface area contributed by atoms with E-state index in [0.29, 0.717) is 0 Å². The Morgan fingerprint density at radius 1 is 1.24 bits per heavy atom. The second-order valence-corrected chi connectivity index (χ2v) is 5.58. The molecule has 5 nitrogen and oxygen atoms in total. The summed E-state index contributed by atoms with van der Waals surface area (Å²) >= 11 is 0. The van der Waals surface area contributed by atoms with Crippen LogP contribution >= 0.6 is 0 Å². The van der Waals surface area contributed by atoms with E-state index in [1.807, 2.05) is 34.6 Å². The molecule has 0 aliphatic heterocycles. The summed E-state index contributed by atoms with van der Waals surface area (Å²) in [6.45, 7) is 11.0. The highest BCUT2D eigenvalue weighted by Crippen LogP contribution is 2.08. The lowest BCUT2D eigenvalue weighted by molar-refractivity contribution is -0.140. The molecule has 5 heteroatoms. The highest BCUT2D eigenvalue weighted by atomic mass is 16.4. The first-order valence-corrected chi connectivity index (χ1v) is 5.84. The van der Waals surface area contributed by atoms with Gasteiger partial charge in [-0.25, -0.2) is 0 Å². The summed E-state index contributed by atoms with van der Waals surface area (Å²) in [7, 11) is 0. The van der Waals surface area contributed by atoms with E-state index in [1.54, 1.807) is 11.8 Å². The normalized spacial score (nSPS) is 13.9. The summed E-state index contributed by atoms with van der Waals surface area (Å²) < 4.78 is 0. The van der Waals surface area contributed by atoms with Crippen molar-refractivity contribution < 1.29 is 14.7 Å². The van der Waals surface area contributed by atoms with Crippen molar-refractivity contribution >= 4 is 11.9 Å². The molecule has 0 aromatic carbocycles. The maximum Gasteiger partial charge on any atom is 0.317 e. The molecule has 1 atom stereocenters. The summed E-state index contributed by atoms with van der Waals surface area (Å²) in [5, 5.41) is 11.7. The Labute approximate surface area is 103 Å². The third-order valence-electron chi connectivity index (χ3n) is 2.36. The third kappa shape index (κ3) is 6.26. The smallest absolute Gasteiger partial charge is 0.317 e. The number of nitrogens with zero attached hydrogens (tertiary/aromatic N) is 1. The van der Waals surface area contributed by atoms with E-state index >= 15 is 0 Å². The number of aliphatic carboxylic acids is 1. The highest BCUT2D eigenvalue weighted by molar-refractivity contribution is 5.82. The molecule has 2 N–H and O–H groups in total. The summed E-state index contributed by atoms with van der Waals surface area (Å²) in [5.74, 6) is -1.07. The second kappa shape index (κ2) is 6.00. The van der Waals surface area contributed by atoms with Crippen molar-refractivity contribution in [2.75, 3.05) is 6.54 Å². The molecular formula is C12H24N2O3. The SMILES string of the molecule is CC(C)N(CC(=O)O)C(C)C(=O)NC(C)(C)C. The third-order valence-corrected chi connectivity index (χ3v) is 2.36. The fourth-order valence-electron chi connectivity index (χ4n) is 1.55. The van der Waals surface area contributed by atoms with E-state index in [1.165, 1.54) is 0 Å². The van der Waals surface area contributed by atoms with Crippen LogP contribution in [0.3, 0.4) is 0 Å². The first-order valence-electron chi connectivity index (χ1n) is 5.84. The number of carbonyl (C=O) groups excluding carboxylic acids is 1. The molecule has 0 aromatic heterocycles. The van der Waals surface area contributed by atoms with E-state index in [-0.39, 0.29) is 24.0 Å². The minimum atomic E-state index is -0.922. The maximum absolute atomic E-state index is 11.9. The molecule has 0 heterocycles. The molecular weight excluding hydrogens is 220 g/mol. The van der Waals surface area contributed by atoms with Crippen LogP contribution in [0, 0.1) is 0 Å². The molecule has 0 saturated carbocycles. The quantitative estimate of drug-likeness (QED) is 0.759. The predicted octanol–water partition coefficient (Wildman–Crippen LogP) is 1.08. The van der Waals surface area contributed by atoms with Gasteiger partial charge in [0, 0.05) is 11.6 Å². The lowest BCUT2D eigenvalue weighted by Gasteiger charge is -2.32. The topological polar surface area (TPSA) is 69.6 Å². The van der Waals surface area contributed by atoms with Crippen LogP contribution in [-0.4, -0.2) is 46.1 Å². The van der Waals surface area contributed by atoms with E-state index in [9.17, 15) is 9.59 Å². The zero-order valence-corrected chi connectivity index (χ0v) is 11.6. The van der Waals surface area contributed by atoms with E-state index in [0.717, 1.165) is 0 Å². The Hall–Kier alpha value is -1.10. The molecule has 0 fully saturated rings. The van der Waals surface area contributed by atoms with Gasteiger partial charge >= 0.3 is 5.97 Å². The number of carboxylic acid groups (broad SMARTS) is 1. The largest absolute Gasteiger partial charge is 0.480 e. The average molecular weight is 244 g/mol. The first-order chi connectivity index (χ1) is 7.54. The molecule has 1 amide bonds. The Morgan fingerprint density at radius 3 is 2.00 bits per heavy atom. The van der Waals surface area contributed by atoms with Gasteiger partial charge in [0.25, 0.3) is 0 Å². The van der Waals surface area contributed by atoms with E-state index in [2.05, 4.69) is 5.32 Å². The Balaban J connectivity index is 4.66. The second-order valence-electron chi connectivity index (χ2n) is 5.58. The average Bonchev–Trinajstić information content (AvgIpc) is 2.09. The molecule has 0 aliphatic rings. The zero-order chi connectivity index (χ0) is 13.8. The molecule has 0 bridgehead atoms. The number of nitrogens with one attached hydrogen (secondary N) is 1. The molecule has 0 aromatic rings. The van der Waals surface area contributed by atoms with Crippen molar-refractivity contribution in [2.45, 2.75) is 59.2 Å². The van der Waals surface area contributed by atoms with Crippen molar-refractivity contribution in [3.8, 4) is 0 Å². The summed E-state index contributed by atoms with van der Waals surface area (Å²) in [6.07, 6.45) is 0. The van der Waals surface area contributed by atoms with Crippen LogP contribution in [-0.2, 0) is 9.59 Å². The fraction of sp³-hybridized carbons (Fsp3) is 0.833. The van der Waals surface area contributed by atoms with E-state index < -0.39 is 12.0 Å². The van der Waals surface area contributed by atoms with Crippen molar-refractivity contribution in [2.24, 2.45) is 0 Å². The Morgan fingerprint density at radius 2 is 1.71 bits per heavy atom. The molecule has 1 unspecified atom stereocenters. The van der Waals surface area contributed by atoms with Gasteiger partial charge in [-0.15, -0.1) is 0 Å². The minimum absolute atomic E-state index is 0.00631. The Bertz CT molecular complexity index is 282. The van der Waals surface area contributed by atoms with Gasteiger partial charge in [0.15, 0.2) is 0 Å². The van der Waals surface area contributed by atoms with Crippen molar-refractivity contribution in [1.29, 1.82) is 0 Å². The van der Waals surface area contributed by atoms with Crippen LogP contribution in [0.5, 0.6) is 0 Å². The van der Waals surface area contributed by atoms with Crippen molar-refractivity contribution in [1.82, 2.24) is 10.2 Å². The number of rotatable bonds is 5. The van der Waals surface area contributed by atoms with Gasteiger partial charge in [0.05, 0.1) is 12.6 Å². The monoisotopic (exact) mass is 244 g/mol. The van der Waals surface area contributed by atoms with Gasteiger partial charge in [-0.3, -0.25) is 14.5 Å². The first kappa shape index (κ1) is 15.9. The van der Waals surface area contributed by atoms with Gasteiger partial charge in [-0.2, -0.15) is 0 Å². The van der Waals surface area contributed by atoms with Crippen LogP contribution in [0.15, 0.2) is 0 Å². The molecule has 0 aliphatic carbocycles. The lowest BCUT2D eigenvalue weighted by atomic mass is 10.1. The van der Waals surface area contributed by atoms with Crippen molar-refractivity contribution in [3.05, 3.63) is 0 Å². The predicted molar refractivity (Wildman–Crippen MR) is 66.8 cm³/mol. The minimum Gasteiger partial charge on any atom is -0.480 e. The van der Waals surface area contributed by atoms with E-state index in [4.69, 9.17) is 5.11 Å². The Kier molecular flexibility index (Phi) is 5.61. The number of amides is 1. The summed E-state index contributed by atoms with van der Waals surface area (Å²) in [4.78, 5) is 24.3. The molecule has 0 spiro atoms. The van der Waals surface area contributed by atoms with Crippen LogP contribution < -0.4 is 5.32 Å². The van der Waals surface area contributed by atoms with Gasteiger partial charge in [0.2, 0.25) is 5.91 Å². The van der Waals surface area contributed by atoms with Crippen LogP contribution in [0.25, 0.3) is 0 Å². The number of hydrogen-bond donors (Lipinski definition) is 2. The van der Waals surface area contributed by atoms with Gasteiger partial charge in [-0.1, -0.05) is 0 Å². The van der Waals surface area contributed by atoms with Gasteiger partial charge in [0.1, 0.15) is 0 Å². The van der Waals surface area contributed by atoms with Gasteiger partial charge < -0.3 is 10.4 Å². The number of hydrogen-bond acceptors (Lipinski definition) is 3. The zero-order valence-electron chi connectivity index (χ0n) is 11.6. The van der Waals surface area contributed by atoms with Crippen molar-refractivity contribution in [3.63, 3.8) is 0 Å². The highest BCUT2D eigenvalue weighted by Gasteiger charge is 2.27. The van der Waals surface area contributed by atoms with Gasteiger partial charge in [-0.05, 0) is 41.5 Å². The molecule has 17 heavy (non-hydrogen) atoms. The number of carboxylic acids is 1. The molecule has 0 radical (unpaired) electrons. The fourth-order valence-corrected chi connectivity index (χ4v) is 1.55. The standard InChI is InChI=1S/C12H24N2O3/c1-8(2)14(7-10(15)16)9(3)11(17)13-12(4,5)6/h8-9H,7H2,1-6H3,(H,13,17)(H,15,16). The number of carbonyl (C=O) groups is 2. The lowest BCUT2D eigenvalue weighted by Crippen LogP contribution is -2.53. The maximum atomic E-state index is 11.9. The summed E-state index contributed by atoms with van der Waals surface area (Å²) in [6, 6.07) is -0.447.